The van der Waals surface area contributed by atoms with E-state index in [0.717, 1.165) is 39.3 Å². The van der Waals surface area contributed by atoms with E-state index in [1.807, 2.05) is 0 Å². The number of nitrogens with zero attached hydrogens (tertiary/aromatic N) is 2. The van der Waals surface area contributed by atoms with Crippen LogP contribution in [0.5, 0.6) is 5.75 Å². The second kappa shape index (κ2) is 11.6. The zero-order valence-corrected chi connectivity index (χ0v) is 16.3. The molecule has 0 radical (unpaired) electrons. The van der Waals surface area contributed by atoms with Crippen LogP contribution in [-0.4, -0.2) is 81.3 Å². The quantitative estimate of drug-likeness (QED) is 0.579. The highest BCUT2D eigenvalue weighted by Gasteiger charge is 2.18. The van der Waals surface area contributed by atoms with Gasteiger partial charge < -0.3 is 19.1 Å². The summed E-state index contributed by atoms with van der Waals surface area (Å²) in [4.78, 5) is 28.7. The van der Waals surface area contributed by atoms with Gasteiger partial charge in [0.25, 0.3) is 5.91 Å². The molecule has 1 saturated heterocycles. The van der Waals surface area contributed by atoms with Crippen molar-refractivity contribution in [1.82, 2.24) is 9.80 Å². The summed E-state index contributed by atoms with van der Waals surface area (Å²) in [5.74, 6) is 0.258. The molecule has 0 N–H and O–H groups in total. The average molecular weight is 378 g/mol. The number of hydrogen-bond donors (Lipinski definition) is 0. The molecule has 0 aromatic heterocycles. The van der Waals surface area contributed by atoms with Gasteiger partial charge in [-0.1, -0.05) is 6.07 Å². The number of hydrogen-bond acceptors (Lipinski definition) is 6. The van der Waals surface area contributed by atoms with Crippen LogP contribution in [0.25, 0.3) is 0 Å². The highest BCUT2D eigenvalue weighted by atomic mass is 16.5. The highest BCUT2D eigenvalue weighted by Crippen LogP contribution is 2.15. The van der Waals surface area contributed by atoms with Crippen molar-refractivity contribution < 1.29 is 23.8 Å². The topological polar surface area (TPSA) is 68.3 Å². The van der Waals surface area contributed by atoms with Crippen LogP contribution < -0.4 is 4.74 Å². The number of morpholine rings is 1. The van der Waals surface area contributed by atoms with Crippen LogP contribution in [-0.2, 0) is 14.3 Å². The molecule has 1 aliphatic rings. The van der Waals surface area contributed by atoms with Crippen molar-refractivity contribution in [3.8, 4) is 5.75 Å². The van der Waals surface area contributed by atoms with E-state index < -0.39 is 0 Å². The minimum atomic E-state index is -0.283. The Bertz CT molecular complexity index is 602. The summed E-state index contributed by atoms with van der Waals surface area (Å²) in [5.41, 5.74) is 0.560. The third kappa shape index (κ3) is 7.19. The molecule has 1 amide bonds. The van der Waals surface area contributed by atoms with Gasteiger partial charge in [-0.15, -0.1) is 0 Å². The third-order valence-electron chi connectivity index (χ3n) is 4.50. The number of ether oxygens (including phenoxy) is 3. The van der Waals surface area contributed by atoms with E-state index in [1.165, 1.54) is 0 Å². The Labute approximate surface area is 161 Å². The first kappa shape index (κ1) is 21.2. The van der Waals surface area contributed by atoms with Crippen LogP contribution in [0.4, 0.5) is 0 Å². The van der Waals surface area contributed by atoms with E-state index in [2.05, 4.69) is 4.90 Å². The number of carbonyl (C=O) groups excluding carboxylic acids is 2. The van der Waals surface area contributed by atoms with E-state index in [0.29, 0.717) is 31.0 Å². The lowest BCUT2D eigenvalue weighted by atomic mass is 10.1. The number of rotatable bonds is 10. The van der Waals surface area contributed by atoms with Crippen LogP contribution in [0.1, 0.15) is 30.1 Å². The molecular formula is C20H30N2O5. The number of methoxy groups -OCH3 is 1. The largest absolute Gasteiger partial charge is 0.497 e. The zero-order chi connectivity index (χ0) is 19.5. The minimum absolute atomic E-state index is 0.0971. The number of esters is 1. The molecule has 1 heterocycles. The smallest absolute Gasteiger partial charge is 0.307 e. The van der Waals surface area contributed by atoms with Crippen molar-refractivity contribution in [3.05, 3.63) is 29.8 Å². The summed E-state index contributed by atoms with van der Waals surface area (Å²) >= 11 is 0. The first-order valence-corrected chi connectivity index (χ1v) is 9.53. The lowest BCUT2D eigenvalue weighted by Gasteiger charge is -2.28. The molecule has 0 aliphatic carbocycles. The predicted octanol–water partition coefficient (Wildman–Crippen LogP) is 1.81. The molecule has 27 heavy (non-hydrogen) atoms. The fourth-order valence-electron chi connectivity index (χ4n) is 3.02. The van der Waals surface area contributed by atoms with Crippen LogP contribution in [0.15, 0.2) is 24.3 Å². The SMILES string of the molecule is CCOC(=O)CCN(CCCN1CCOCC1)C(=O)c1cccc(OC)c1. The van der Waals surface area contributed by atoms with Gasteiger partial charge in [-0.25, -0.2) is 0 Å². The molecule has 1 aromatic rings. The number of benzene rings is 1. The van der Waals surface area contributed by atoms with Gasteiger partial charge in [0.1, 0.15) is 5.75 Å². The lowest BCUT2D eigenvalue weighted by molar-refractivity contribution is -0.143. The van der Waals surface area contributed by atoms with Gasteiger partial charge in [0.2, 0.25) is 0 Å². The Morgan fingerprint density at radius 1 is 1.22 bits per heavy atom. The lowest BCUT2D eigenvalue weighted by Crippen LogP contribution is -2.39. The summed E-state index contributed by atoms with van der Waals surface area (Å²) in [5, 5.41) is 0. The van der Waals surface area contributed by atoms with Gasteiger partial charge in [-0.05, 0) is 31.5 Å². The van der Waals surface area contributed by atoms with Gasteiger partial charge in [-0.2, -0.15) is 0 Å². The minimum Gasteiger partial charge on any atom is -0.497 e. The summed E-state index contributed by atoms with van der Waals surface area (Å²) in [7, 11) is 1.57. The van der Waals surface area contributed by atoms with Gasteiger partial charge in [-0.3, -0.25) is 14.5 Å². The summed E-state index contributed by atoms with van der Waals surface area (Å²) in [6.45, 7) is 7.33. The van der Waals surface area contributed by atoms with E-state index in [4.69, 9.17) is 14.2 Å². The Morgan fingerprint density at radius 2 is 2.00 bits per heavy atom. The fourth-order valence-corrected chi connectivity index (χ4v) is 3.02. The Kier molecular flexibility index (Phi) is 9.07. The normalized spacial score (nSPS) is 14.6. The first-order valence-electron chi connectivity index (χ1n) is 9.53. The van der Waals surface area contributed by atoms with E-state index in [9.17, 15) is 9.59 Å². The molecule has 0 saturated carbocycles. The second-order valence-corrected chi connectivity index (χ2v) is 6.39. The average Bonchev–Trinajstić information content (AvgIpc) is 2.71. The van der Waals surface area contributed by atoms with Crippen LogP contribution in [0, 0.1) is 0 Å². The molecule has 0 spiro atoms. The standard InChI is InChI=1S/C20H30N2O5/c1-3-27-19(23)8-11-22(10-5-9-21-12-14-26-15-13-21)20(24)17-6-4-7-18(16-17)25-2/h4,6-7,16H,3,5,8-15H2,1-2H3. The van der Waals surface area contributed by atoms with E-state index >= 15 is 0 Å². The summed E-state index contributed by atoms with van der Waals surface area (Å²) < 4.78 is 15.6. The predicted molar refractivity (Wildman–Crippen MR) is 102 cm³/mol. The van der Waals surface area contributed by atoms with Crippen LogP contribution in [0.3, 0.4) is 0 Å². The molecule has 1 aliphatic heterocycles. The summed E-state index contributed by atoms with van der Waals surface area (Å²) in [6.07, 6.45) is 1.04. The molecule has 0 atom stereocenters. The van der Waals surface area contributed by atoms with E-state index in [1.54, 1.807) is 43.2 Å². The second-order valence-electron chi connectivity index (χ2n) is 6.39. The van der Waals surface area contributed by atoms with Crippen molar-refractivity contribution in [2.45, 2.75) is 19.8 Å². The van der Waals surface area contributed by atoms with Gasteiger partial charge in [0.15, 0.2) is 0 Å². The maximum absolute atomic E-state index is 13.0. The van der Waals surface area contributed by atoms with Crippen LogP contribution >= 0.6 is 0 Å². The molecule has 150 valence electrons. The van der Waals surface area contributed by atoms with Gasteiger partial charge in [0, 0.05) is 38.3 Å². The maximum Gasteiger partial charge on any atom is 0.307 e. The molecule has 0 unspecified atom stereocenters. The molecule has 2 rings (SSSR count). The van der Waals surface area contributed by atoms with Crippen molar-refractivity contribution in [1.29, 1.82) is 0 Å². The Balaban J connectivity index is 1.96. The number of amides is 1. The molecule has 0 bridgehead atoms. The van der Waals surface area contributed by atoms with E-state index in [-0.39, 0.29) is 18.3 Å². The Hall–Kier alpha value is -2.12. The molecule has 1 fully saturated rings. The molecular weight excluding hydrogens is 348 g/mol. The maximum atomic E-state index is 13.0. The molecule has 7 heteroatoms. The molecule has 7 nitrogen and oxygen atoms in total. The van der Waals surface area contributed by atoms with Crippen molar-refractivity contribution >= 4 is 11.9 Å². The third-order valence-corrected chi connectivity index (χ3v) is 4.50. The number of carbonyl (C=O) groups is 2. The molecule has 1 aromatic carbocycles. The fraction of sp³-hybridized carbons (Fsp3) is 0.600. The zero-order valence-electron chi connectivity index (χ0n) is 16.3. The first-order chi connectivity index (χ1) is 13.1. The van der Waals surface area contributed by atoms with Gasteiger partial charge >= 0.3 is 5.97 Å². The summed E-state index contributed by atoms with van der Waals surface area (Å²) in [6, 6.07) is 7.09. The van der Waals surface area contributed by atoms with Gasteiger partial charge in [0.05, 0.1) is 33.4 Å². The van der Waals surface area contributed by atoms with Crippen molar-refractivity contribution in [2.75, 3.05) is 59.7 Å². The highest BCUT2D eigenvalue weighted by molar-refractivity contribution is 5.94. The Morgan fingerprint density at radius 3 is 2.70 bits per heavy atom. The van der Waals surface area contributed by atoms with Crippen molar-refractivity contribution in [2.24, 2.45) is 0 Å². The van der Waals surface area contributed by atoms with Crippen LogP contribution in [0.2, 0.25) is 0 Å². The monoisotopic (exact) mass is 378 g/mol. The van der Waals surface area contributed by atoms with Crippen molar-refractivity contribution in [3.63, 3.8) is 0 Å².